The van der Waals surface area contributed by atoms with Gasteiger partial charge in [-0.15, -0.1) is 0 Å². The van der Waals surface area contributed by atoms with Crippen LogP contribution in [-0.4, -0.2) is 12.6 Å². The first kappa shape index (κ1) is 20.8. The van der Waals surface area contributed by atoms with Crippen LogP contribution in [0.3, 0.4) is 0 Å². The molecule has 0 radical (unpaired) electrons. The van der Waals surface area contributed by atoms with Crippen molar-refractivity contribution in [3.05, 3.63) is 39.9 Å². The highest BCUT2D eigenvalue weighted by molar-refractivity contribution is 6.55. The number of ether oxygens (including phenoxy) is 2. The minimum absolute atomic E-state index is 0.0237. The number of carbonyl (C=O) groups is 1. The van der Waals surface area contributed by atoms with Gasteiger partial charge in [0.25, 0.3) is 0 Å². The fourth-order valence-corrected chi connectivity index (χ4v) is 3.11. The molecule has 0 saturated heterocycles. The van der Waals surface area contributed by atoms with Gasteiger partial charge >= 0.3 is 12.1 Å². The Morgan fingerprint density at radius 2 is 1.88 bits per heavy atom. The number of hydrogen-bond acceptors (Lipinski definition) is 3. The lowest BCUT2D eigenvalue weighted by Gasteiger charge is -2.19. The smallest absolute Gasteiger partial charge is 0.431 e. The molecule has 9 heteroatoms. The largest absolute Gasteiger partial charge is 0.491 e. The summed E-state index contributed by atoms with van der Waals surface area (Å²) in [4.78, 5) is 12.1. The van der Waals surface area contributed by atoms with E-state index in [2.05, 4.69) is 4.74 Å². The van der Waals surface area contributed by atoms with Gasteiger partial charge in [-0.2, -0.15) is 13.2 Å². The molecule has 1 aromatic rings. The molecule has 0 bridgehead atoms. The van der Waals surface area contributed by atoms with E-state index in [-0.39, 0.29) is 11.1 Å². The zero-order chi connectivity index (χ0) is 19.9. The van der Waals surface area contributed by atoms with Crippen molar-refractivity contribution in [3.8, 4) is 5.75 Å². The van der Waals surface area contributed by atoms with Crippen molar-refractivity contribution >= 4 is 29.2 Å². The molecule has 0 aliphatic heterocycles. The highest BCUT2D eigenvalue weighted by atomic mass is 35.5. The van der Waals surface area contributed by atoms with Crippen LogP contribution >= 0.6 is 23.2 Å². The van der Waals surface area contributed by atoms with E-state index in [1.165, 1.54) is 13.0 Å². The van der Waals surface area contributed by atoms with E-state index < -0.39 is 52.3 Å². The van der Waals surface area contributed by atoms with Crippen LogP contribution < -0.4 is 4.74 Å². The van der Waals surface area contributed by atoms with Crippen LogP contribution in [0.2, 0.25) is 0 Å². The third-order valence-corrected chi connectivity index (χ3v) is 4.61. The fourth-order valence-electron chi connectivity index (χ4n) is 2.84. The van der Waals surface area contributed by atoms with Crippen LogP contribution in [0.25, 0.3) is 0 Å². The molecule has 1 fully saturated rings. The summed E-state index contributed by atoms with van der Waals surface area (Å²) in [6.07, 6.45) is -3.01. The topological polar surface area (TPSA) is 35.5 Å². The monoisotopic (exact) mass is 414 g/mol. The second-order valence-corrected chi connectivity index (χ2v) is 7.40. The summed E-state index contributed by atoms with van der Waals surface area (Å²) in [6.45, 7) is 4.84. The van der Waals surface area contributed by atoms with E-state index in [0.29, 0.717) is 6.07 Å². The lowest BCUT2D eigenvalue weighted by Crippen LogP contribution is -2.26. The van der Waals surface area contributed by atoms with Crippen LogP contribution in [0, 0.1) is 28.9 Å². The second-order valence-electron chi connectivity index (χ2n) is 6.39. The van der Waals surface area contributed by atoms with E-state index in [1.54, 1.807) is 13.8 Å². The Balaban J connectivity index is 2.23. The summed E-state index contributed by atoms with van der Waals surface area (Å²) in [5, 5.41) is 0. The lowest BCUT2D eigenvalue weighted by atomic mass is 10.1. The molecule has 26 heavy (non-hydrogen) atoms. The number of hydrogen-bond donors (Lipinski definition) is 0. The molecular weight excluding hydrogens is 399 g/mol. The molecule has 2 atom stereocenters. The first-order valence-electron chi connectivity index (χ1n) is 7.68. The maximum Gasteiger partial charge on any atom is 0.431 e. The van der Waals surface area contributed by atoms with E-state index in [0.717, 1.165) is 6.07 Å². The Bertz CT molecular complexity index is 746. The highest BCUT2D eigenvalue weighted by Gasteiger charge is 2.63. The normalized spacial score (nSPS) is 21.1. The van der Waals surface area contributed by atoms with Crippen molar-refractivity contribution in [1.29, 1.82) is 0 Å². The Labute approximate surface area is 157 Å². The summed E-state index contributed by atoms with van der Waals surface area (Å²) in [7, 11) is 0. The third kappa shape index (κ3) is 3.93. The first-order chi connectivity index (χ1) is 11.9. The van der Waals surface area contributed by atoms with Crippen molar-refractivity contribution in [2.24, 2.45) is 17.3 Å². The summed E-state index contributed by atoms with van der Waals surface area (Å²) in [5.41, 5.74) is -2.10. The van der Waals surface area contributed by atoms with Gasteiger partial charge < -0.3 is 9.47 Å². The molecule has 144 valence electrons. The van der Waals surface area contributed by atoms with E-state index in [4.69, 9.17) is 27.9 Å². The van der Waals surface area contributed by atoms with Gasteiger partial charge in [-0.25, -0.2) is 4.39 Å². The second kappa shape index (κ2) is 7.27. The van der Waals surface area contributed by atoms with E-state index in [9.17, 15) is 22.4 Å². The molecule has 1 aliphatic rings. The van der Waals surface area contributed by atoms with E-state index >= 15 is 0 Å². The Kier molecular flexibility index (Phi) is 5.83. The average molecular weight is 415 g/mol. The molecular formula is C17H16Cl2F4O3. The number of benzene rings is 1. The number of rotatable bonds is 6. The molecule has 3 nitrogen and oxygen atoms in total. The average Bonchev–Trinajstić information content (AvgIpc) is 3.03. The Morgan fingerprint density at radius 3 is 2.42 bits per heavy atom. The SMILES string of the molecule is CCOc1ccc(C(F)(F)OC(=O)C2C(C=C(Cl)Cl)C2(C)C)c(F)c1F. The van der Waals surface area contributed by atoms with E-state index in [1.807, 2.05) is 0 Å². The predicted molar refractivity (Wildman–Crippen MR) is 88.1 cm³/mol. The Hall–Kier alpha value is -1.47. The highest BCUT2D eigenvalue weighted by Crippen LogP contribution is 2.60. The molecule has 2 unspecified atom stereocenters. The zero-order valence-corrected chi connectivity index (χ0v) is 15.6. The minimum atomic E-state index is -4.36. The molecule has 0 N–H and O–H groups in total. The lowest BCUT2D eigenvalue weighted by molar-refractivity contribution is -0.243. The van der Waals surface area contributed by atoms with Gasteiger partial charge in [0.1, 0.15) is 10.1 Å². The molecule has 0 amide bonds. The first-order valence-corrected chi connectivity index (χ1v) is 8.43. The summed E-state index contributed by atoms with van der Waals surface area (Å²) >= 11 is 11.1. The number of esters is 1. The van der Waals surface area contributed by atoms with Crippen LogP contribution in [-0.2, 0) is 15.6 Å². The summed E-state index contributed by atoms with van der Waals surface area (Å²) in [5.74, 6) is -6.63. The van der Waals surface area contributed by atoms with Crippen molar-refractivity contribution in [2.75, 3.05) is 6.61 Å². The number of carbonyl (C=O) groups excluding carboxylic acids is 1. The van der Waals surface area contributed by atoms with Crippen LogP contribution in [0.5, 0.6) is 5.75 Å². The van der Waals surface area contributed by atoms with Crippen LogP contribution in [0.1, 0.15) is 26.3 Å². The molecule has 1 aliphatic carbocycles. The van der Waals surface area contributed by atoms with Crippen molar-refractivity contribution in [2.45, 2.75) is 26.9 Å². The predicted octanol–water partition coefficient (Wildman–Crippen LogP) is 5.55. The molecule has 0 heterocycles. The fraction of sp³-hybridized carbons (Fsp3) is 0.471. The van der Waals surface area contributed by atoms with Gasteiger partial charge in [0.2, 0.25) is 5.82 Å². The molecule has 1 aromatic carbocycles. The quantitative estimate of drug-likeness (QED) is 0.452. The maximum absolute atomic E-state index is 14.2. The van der Waals surface area contributed by atoms with Crippen molar-refractivity contribution in [3.63, 3.8) is 0 Å². The van der Waals surface area contributed by atoms with Gasteiger partial charge in [0.15, 0.2) is 11.6 Å². The number of alkyl halides is 2. The van der Waals surface area contributed by atoms with Crippen molar-refractivity contribution < 1.29 is 31.8 Å². The molecule has 0 spiro atoms. The third-order valence-electron chi connectivity index (χ3n) is 4.36. The summed E-state index contributed by atoms with van der Waals surface area (Å²) < 4.78 is 65.1. The van der Waals surface area contributed by atoms with Gasteiger partial charge in [0, 0.05) is 0 Å². The number of allylic oxidation sites excluding steroid dienone is 1. The maximum atomic E-state index is 14.2. The molecule has 1 saturated carbocycles. The van der Waals surface area contributed by atoms with Crippen molar-refractivity contribution in [1.82, 2.24) is 0 Å². The van der Waals surface area contributed by atoms with Gasteiger partial charge in [-0.3, -0.25) is 4.79 Å². The number of halogens is 6. The summed E-state index contributed by atoms with van der Waals surface area (Å²) in [6, 6.07) is 1.46. The van der Waals surface area contributed by atoms with Gasteiger partial charge in [0.05, 0.1) is 12.5 Å². The Morgan fingerprint density at radius 1 is 1.27 bits per heavy atom. The molecule has 2 rings (SSSR count). The van der Waals surface area contributed by atoms with Crippen LogP contribution in [0.15, 0.2) is 22.7 Å². The zero-order valence-electron chi connectivity index (χ0n) is 14.1. The van der Waals surface area contributed by atoms with Gasteiger partial charge in [-0.05, 0) is 36.5 Å². The molecule has 0 aromatic heterocycles. The minimum Gasteiger partial charge on any atom is -0.491 e. The standard InChI is InChI=1S/C17H16Cl2F4O3/c1-4-25-10-6-5-8(13(20)14(10)21)17(22,23)26-15(24)12-9(7-11(18)19)16(12,2)3/h5-7,9,12H,4H2,1-3H3. The van der Waals surface area contributed by atoms with Gasteiger partial charge in [-0.1, -0.05) is 37.0 Å². The van der Waals surface area contributed by atoms with Crippen LogP contribution in [0.4, 0.5) is 17.6 Å².